The zero-order valence-electron chi connectivity index (χ0n) is 33.5. The van der Waals surface area contributed by atoms with Crippen molar-refractivity contribution in [1.29, 1.82) is 0 Å². The molecule has 1 unspecified atom stereocenters. The summed E-state index contributed by atoms with van der Waals surface area (Å²) >= 11 is 0. The zero-order chi connectivity index (χ0) is 42.8. The Morgan fingerprint density at radius 3 is 2.11 bits per heavy atom. The molecule has 0 radical (unpaired) electrons. The van der Waals surface area contributed by atoms with Gasteiger partial charge in [-0.2, -0.15) is 13.2 Å². The fraction of sp³-hybridized carbons (Fsp3) is 0.465. The highest BCUT2D eigenvalue weighted by Crippen LogP contribution is 2.39. The van der Waals surface area contributed by atoms with Gasteiger partial charge in [0.05, 0.1) is 47.9 Å². The highest BCUT2D eigenvalue weighted by atomic mass is 19.4. The number of halogens is 3. The molecular weight excluding hydrogens is 796 g/mol. The lowest BCUT2D eigenvalue weighted by Crippen LogP contribution is -2.54. The second kappa shape index (κ2) is 17.5. The number of alkyl halides is 3. The first kappa shape index (κ1) is 41.7. The summed E-state index contributed by atoms with van der Waals surface area (Å²) in [6.07, 6.45) is 0.156. The molecule has 61 heavy (non-hydrogen) atoms. The van der Waals surface area contributed by atoms with Crippen LogP contribution in [-0.2, 0) is 25.3 Å². The quantitative estimate of drug-likeness (QED) is 0.216. The van der Waals surface area contributed by atoms with Gasteiger partial charge in [-0.3, -0.25) is 39.1 Å². The summed E-state index contributed by atoms with van der Waals surface area (Å²) in [4.78, 5) is 80.5. The summed E-state index contributed by atoms with van der Waals surface area (Å²) in [6, 6.07) is 11.7. The first-order valence-electron chi connectivity index (χ1n) is 20.7. The molecule has 320 valence electrons. The first-order valence-corrected chi connectivity index (χ1v) is 20.7. The molecule has 1 aromatic heterocycles. The number of aromatic nitrogens is 1. The smallest absolute Gasteiger partial charge is 0.377 e. The van der Waals surface area contributed by atoms with Crippen LogP contribution >= 0.6 is 0 Å². The molecule has 5 aliphatic heterocycles. The monoisotopic (exact) mass is 841 g/mol. The third kappa shape index (κ3) is 9.03. The van der Waals surface area contributed by atoms with E-state index in [1.54, 1.807) is 24.4 Å². The second-order valence-electron chi connectivity index (χ2n) is 16.0. The Labute approximate surface area is 350 Å². The highest BCUT2D eigenvalue weighted by Gasteiger charge is 2.45. The number of carbonyl (C=O) groups is 5. The van der Waals surface area contributed by atoms with Crippen molar-refractivity contribution in [2.75, 3.05) is 85.5 Å². The van der Waals surface area contributed by atoms with Gasteiger partial charge in [-0.05, 0) is 74.6 Å². The average molecular weight is 842 g/mol. The number of anilines is 4. The number of nitrogens with zero attached hydrogens (tertiary/aromatic N) is 7. The normalized spacial score (nSPS) is 20.8. The molecule has 0 aliphatic carbocycles. The molecule has 4 fully saturated rings. The minimum atomic E-state index is -4.62. The number of rotatable bonds is 10. The lowest BCUT2D eigenvalue weighted by molar-refractivity contribution is -0.137. The van der Waals surface area contributed by atoms with Crippen molar-refractivity contribution in [2.45, 2.75) is 56.8 Å². The van der Waals surface area contributed by atoms with Crippen LogP contribution in [0.25, 0.3) is 4.85 Å². The third-order valence-electron chi connectivity index (χ3n) is 12.4. The Balaban J connectivity index is 0.728. The Hall–Kier alpha value is -6.06. The maximum absolute atomic E-state index is 13.5. The van der Waals surface area contributed by atoms with Crippen molar-refractivity contribution < 1.29 is 41.9 Å². The van der Waals surface area contributed by atoms with Gasteiger partial charge in [-0.1, -0.05) is 6.07 Å². The van der Waals surface area contributed by atoms with Gasteiger partial charge in [0, 0.05) is 82.6 Å². The van der Waals surface area contributed by atoms with Gasteiger partial charge in [0.2, 0.25) is 17.7 Å². The fourth-order valence-electron chi connectivity index (χ4n) is 8.83. The molecule has 4 saturated heterocycles. The predicted octanol–water partition coefficient (Wildman–Crippen LogP) is 4.72. The number of piperazine rings is 1. The van der Waals surface area contributed by atoms with E-state index in [-0.39, 0.29) is 41.9 Å². The van der Waals surface area contributed by atoms with E-state index in [1.165, 1.54) is 12.1 Å². The number of hydrogen-bond donors (Lipinski definition) is 2. The largest absolute Gasteiger partial charge is 0.407 e. The molecule has 5 amide bonds. The Morgan fingerprint density at radius 2 is 1.44 bits per heavy atom. The summed E-state index contributed by atoms with van der Waals surface area (Å²) in [5.74, 6) is -2.09. The number of imide groups is 2. The van der Waals surface area contributed by atoms with Crippen LogP contribution in [0.1, 0.15) is 64.8 Å². The topological polar surface area (TPSA) is 152 Å². The lowest BCUT2D eigenvalue weighted by atomic mass is 9.95. The number of ether oxygens (including phenoxy) is 1. The molecule has 5 aliphatic rings. The number of fused-ring (bicyclic) bond motifs is 1. The molecule has 0 bridgehead atoms. The molecule has 3 aromatic rings. The van der Waals surface area contributed by atoms with Crippen molar-refractivity contribution in [3.63, 3.8) is 0 Å². The number of carbonyl (C=O) groups excluding carboxylic acids is 5. The summed E-state index contributed by atoms with van der Waals surface area (Å²) in [5.41, 5.74) is 1.35. The molecule has 1 atom stereocenters. The highest BCUT2D eigenvalue weighted by molar-refractivity contribution is 6.23. The molecule has 2 N–H and O–H groups in total. The molecule has 6 heterocycles. The van der Waals surface area contributed by atoms with Crippen LogP contribution < -0.4 is 25.3 Å². The van der Waals surface area contributed by atoms with Crippen LogP contribution in [0.5, 0.6) is 0 Å². The lowest BCUT2D eigenvalue weighted by Gasteiger charge is -2.37. The molecule has 15 nitrogen and oxygen atoms in total. The fourth-order valence-corrected chi connectivity index (χ4v) is 8.83. The Kier molecular flexibility index (Phi) is 12.0. The van der Waals surface area contributed by atoms with Gasteiger partial charge in [0.1, 0.15) is 11.9 Å². The van der Waals surface area contributed by atoms with Gasteiger partial charge >= 0.3 is 6.18 Å². The minimum Gasteiger partial charge on any atom is -0.377 e. The van der Waals surface area contributed by atoms with Crippen molar-refractivity contribution in [3.8, 4) is 0 Å². The average Bonchev–Trinajstić information content (AvgIpc) is 3.51. The maximum Gasteiger partial charge on any atom is 0.407 e. The van der Waals surface area contributed by atoms with E-state index in [4.69, 9.17) is 11.3 Å². The van der Waals surface area contributed by atoms with Crippen molar-refractivity contribution in [2.24, 2.45) is 5.92 Å². The van der Waals surface area contributed by atoms with Crippen LogP contribution in [0.2, 0.25) is 0 Å². The number of pyridine rings is 1. The third-order valence-corrected chi connectivity index (χ3v) is 12.4. The van der Waals surface area contributed by atoms with E-state index >= 15 is 0 Å². The molecule has 18 heteroatoms. The second-order valence-corrected chi connectivity index (χ2v) is 16.0. The van der Waals surface area contributed by atoms with Crippen LogP contribution in [0.15, 0.2) is 54.7 Å². The molecule has 0 spiro atoms. The number of piperidine rings is 3. The summed E-state index contributed by atoms with van der Waals surface area (Å²) in [6.45, 7) is 14.0. The van der Waals surface area contributed by atoms with Crippen molar-refractivity contribution in [3.05, 3.63) is 82.8 Å². The van der Waals surface area contributed by atoms with Crippen LogP contribution in [0.4, 0.5) is 41.7 Å². The van der Waals surface area contributed by atoms with Gasteiger partial charge in [-0.25, -0.2) is 9.83 Å². The van der Waals surface area contributed by atoms with E-state index in [0.717, 1.165) is 81.0 Å². The van der Waals surface area contributed by atoms with Gasteiger partial charge < -0.3 is 24.8 Å². The summed E-state index contributed by atoms with van der Waals surface area (Å²) in [7, 11) is 0. The van der Waals surface area contributed by atoms with E-state index < -0.39 is 47.1 Å². The van der Waals surface area contributed by atoms with E-state index in [9.17, 15) is 37.1 Å². The van der Waals surface area contributed by atoms with Gasteiger partial charge in [0.25, 0.3) is 11.8 Å². The van der Waals surface area contributed by atoms with E-state index in [1.807, 2.05) is 17.0 Å². The van der Waals surface area contributed by atoms with E-state index in [0.29, 0.717) is 44.0 Å². The first-order chi connectivity index (χ1) is 29.4. The molecule has 0 saturated carbocycles. The van der Waals surface area contributed by atoms with Crippen LogP contribution in [-0.4, -0.2) is 122 Å². The molecular formula is C43H46F3N9O6. The SMILES string of the molecule is [C-]#[N+]c1ccc(N2CCC(C(=O)Nc3ccc(N4CCC(OCCN5CCN(c6ccc7c(c6)C(=O)N(C6CCC(=O)NC6=O)C7=O)CC5)CC4)cn3)CC2)cc1C(F)(F)F. The molecule has 2 aromatic carbocycles. The minimum absolute atomic E-state index is 0.0743. The number of nitrogens with one attached hydrogen (secondary N) is 2. The van der Waals surface area contributed by atoms with E-state index in [2.05, 4.69) is 35.2 Å². The van der Waals surface area contributed by atoms with Crippen molar-refractivity contribution in [1.82, 2.24) is 20.1 Å². The Morgan fingerprint density at radius 1 is 0.803 bits per heavy atom. The molecule has 8 rings (SSSR count). The maximum atomic E-state index is 13.5. The van der Waals surface area contributed by atoms with Crippen LogP contribution in [0.3, 0.4) is 0 Å². The zero-order valence-corrected chi connectivity index (χ0v) is 33.5. The Bertz CT molecular complexity index is 2220. The predicted molar refractivity (Wildman–Crippen MR) is 218 cm³/mol. The van der Waals surface area contributed by atoms with Gasteiger partial charge in [-0.15, -0.1) is 0 Å². The standard InChI is InChI=1S/C43H46F3N9O6/c1-47-35-6-3-29(25-34(35)43(44,45)46)52-14-10-27(11-15-52)39(57)49-37-8-4-30(26-48-37)53-16-12-31(13-17-53)61-23-22-51-18-20-54(21-19-51)28-2-5-32-33(24-28)42(60)55(41(32)59)36-7-9-38(56)50-40(36)58/h2-6,8,24-27,31,36H,7,9-23H2,(H,48,49,57)(H,50,56,58). The number of benzene rings is 2. The van der Waals surface area contributed by atoms with Crippen molar-refractivity contribution >= 4 is 58.1 Å². The summed E-state index contributed by atoms with van der Waals surface area (Å²) in [5, 5.41) is 5.12. The van der Waals surface area contributed by atoms with Gasteiger partial charge in [0.15, 0.2) is 5.69 Å². The summed E-state index contributed by atoms with van der Waals surface area (Å²) < 4.78 is 46.7. The number of amides is 5. The number of hydrogen-bond acceptors (Lipinski definition) is 11. The van der Waals surface area contributed by atoms with Crippen LogP contribution in [0, 0.1) is 12.5 Å².